The topological polar surface area (TPSA) is 186 Å². The normalized spacial score (nSPS) is 23.4. The molecule has 1 saturated heterocycles. The van der Waals surface area contributed by atoms with Gasteiger partial charge in [-0.25, -0.2) is 0 Å². The summed E-state index contributed by atoms with van der Waals surface area (Å²) in [7, 11) is 1.54. The molecule has 0 spiro atoms. The lowest BCUT2D eigenvalue weighted by molar-refractivity contribution is -0.269. The maximum absolute atomic E-state index is 12.1. The van der Waals surface area contributed by atoms with Crippen molar-refractivity contribution in [1.82, 2.24) is 5.32 Å². The maximum atomic E-state index is 12.1. The highest BCUT2D eigenvalue weighted by atomic mass is 16.7. The molecule has 12 heteroatoms. The van der Waals surface area contributed by atoms with Crippen molar-refractivity contribution >= 4 is 29.8 Å². The van der Waals surface area contributed by atoms with Gasteiger partial charge >= 0.3 is 23.9 Å². The Hall–Kier alpha value is -4.45. The first-order valence-electron chi connectivity index (χ1n) is 13.3. The summed E-state index contributed by atoms with van der Waals surface area (Å²) in [4.78, 5) is 59.4. The van der Waals surface area contributed by atoms with E-state index >= 15 is 0 Å². The van der Waals surface area contributed by atoms with Gasteiger partial charge in [0.15, 0.2) is 0 Å². The minimum atomic E-state index is -1.48. The van der Waals surface area contributed by atoms with E-state index < -0.39 is 72.8 Å². The lowest BCUT2D eigenvalue weighted by Gasteiger charge is -2.52. The van der Waals surface area contributed by atoms with Crippen molar-refractivity contribution in [2.45, 2.75) is 52.4 Å². The third-order valence-corrected chi connectivity index (χ3v) is 7.56. The number of carbonyl (C=O) groups excluding carboxylic acids is 2. The molecule has 42 heavy (non-hydrogen) atoms. The number of carboxylic acids is 3. The molecule has 0 aromatic heterocycles. The highest BCUT2D eigenvalue weighted by Gasteiger charge is 2.56. The highest BCUT2D eigenvalue weighted by Crippen LogP contribution is 2.50. The van der Waals surface area contributed by atoms with Gasteiger partial charge in [-0.05, 0) is 53.8 Å². The summed E-state index contributed by atoms with van der Waals surface area (Å²) >= 11 is 0. The Balaban J connectivity index is 2.03. The predicted molar refractivity (Wildman–Crippen MR) is 148 cm³/mol. The van der Waals surface area contributed by atoms with Crippen LogP contribution in [0.2, 0.25) is 0 Å². The van der Waals surface area contributed by atoms with Gasteiger partial charge in [-0.2, -0.15) is 0 Å². The lowest BCUT2D eigenvalue weighted by Crippen LogP contribution is -2.59. The van der Waals surface area contributed by atoms with Crippen LogP contribution in [0.5, 0.6) is 5.75 Å². The van der Waals surface area contributed by atoms with Gasteiger partial charge in [-0.3, -0.25) is 24.0 Å². The molecule has 1 heterocycles. The number of esters is 1. The van der Waals surface area contributed by atoms with Crippen molar-refractivity contribution in [1.29, 1.82) is 0 Å². The van der Waals surface area contributed by atoms with Crippen LogP contribution in [0.15, 0.2) is 42.5 Å². The minimum absolute atomic E-state index is 0.235. The third-order valence-electron chi connectivity index (χ3n) is 7.56. The van der Waals surface area contributed by atoms with E-state index in [-0.39, 0.29) is 12.5 Å². The number of amides is 1. The molecule has 0 saturated carbocycles. The Morgan fingerprint density at radius 1 is 0.952 bits per heavy atom. The summed E-state index contributed by atoms with van der Waals surface area (Å²) in [6.45, 7) is 4.06. The van der Waals surface area contributed by atoms with E-state index in [2.05, 4.69) is 5.32 Å². The second kappa shape index (κ2) is 13.5. The summed E-state index contributed by atoms with van der Waals surface area (Å²) in [5.74, 6) is -6.31. The van der Waals surface area contributed by atoms with Crippen molar-refractivity contribution in [3.05, 3.63) is 53.6 Å². The zero-order chi connectivity index (χ0) is 31.2. The van der Waals surface area contributed by atoms with Gasteiger partial charge in [0, 0.05) is 37.3 Å². The molecule has 226 valence electrons. The Morgan fingerprint density at radius 3 is 2.19 bits per heavy atom. The number of nitrogens with one attached hydrogen (secondary N) is 1. The van der Waals surface area contributed by atoms with Crippen molar-refractivity contribution in [2.75, 3.05) is 13.7 Å². The van der Waals surface area contributed by atoms with Gasteiger partial charge in [0.25, 0.3) is 5.91 Å². The van der Waals surface area contributed by atoms with Crippen LogP contribution in [0.25, 0.3) is 11.1 Å². The van der Waals surface area contributed by atoms with Crippen LogP contribution in [-0.2, 0) is 28.7 Å². The summed E-state index contributed by atoms with van der Waals surface area (Å²) < 4.78 is 17.5. The summed E-state index contributed by atoms with van der Waals surface area (Å²) in [6.07, 6.45) is -4.07. The number of carboxylic acid groups (broad SMARTS) is 3. The molecule has 12 nitrogen and oxygen atoms in total. The van der Waals surface area contributed by atoms with E-state index in [0.29, 0.717) is 16.9 Å². The number of aliphatic carboxylic acids is 3. The first kappa shape index (κ1) is 32.1. The largest absolute Gasteiger partial charge is 0.481 e. The second-order valence-electron chi connectivity index (χ2n) is 10.6. The van der Waals surface area contributed by atoms with Gasteiger partial charge < -0.3 is 34.8 Å². The van der Waals surface area contributed by atoms with E-state index in [1.807, 2.05) is 12.1 Å². The summed E-state index contributed by atoms with van der Waals surface area (Å²) in [6, 6.07) is 12.2. The average molecular weight is 586 g/mol. The summed E-state index contributed by atoms with van der Waals surface area (Å²) in [5, 5.41) is 31.7. The van der Waals surface area contributed by atoms with Gasteiger partial charge in [0.05, 0.1) is 18.9 Å². The Kier molecular flexibility index (Phi) is 10.3. The SMILES string of the molecule is CNC(=O)c1cccc(-c2ccc(O[C@H]3O[C@@H](COC(C)=O)[C@H](CC(=O)O)[C@H](CC(=O)O)[C@]3(C)CC(=O)O)c(C)c2)c1. The molecule has 0 radical (unpaired) electrons. The number of benzene rings is 2. The molecule has 1 aliphatic rings. The lowest BCUT2D eigenvalue weighted by atomic mass is 9.62. The molecule has 0 bridgehead atoms. The van der Waals surface area contributed by atoms with Crippen molar-refractivity contribution < 1.29 is 53.5 Å². The van der Waals surface area contributed by atoms with E-state index in [1.165, 1.54) is 13.8 Å². The fraction of sp³-hybridized carbons (Fsp3) is 0.433. The van der Waals surface area contributed by atoms with Crippen molar-refractivity contribution in [3.8, 4) is 16.9 Å². The van der Waals surface area contributed by atoms with Gasteiger partial charge in [-0.1, -0.05) is 25.1 Å². The van der Waals surface area contributed by atoms with Crippen LogP contribution < -0.4 is 10.1 Å². The highest BCUT2D eigenvalue weighted by molar-refractivity contribution is 5.95. The molecule has 0 unspecified atom stereocenters. The van der Waals surface area contributed by atoms with Crippen molar-refractivity contribution in [3.63, 3.8) is 0 Å². The smallest absolute Gasteiger partial charge is 0.304 e. The molecule has 1 amide bonds. The minimum Gasteiger partial charge on any atom is -0.481 e. The molecule has 1 aliphatic heterocycles. The first-order chi connectivity index (χ1) is 19.7. The van der Waals surface area contributed by atoms with E-state index in [9.17, 15) is 39.3 Å². The number of hydrogen-bond acceptors (Lipinski definition) is 8. The quantitative estimate of drug-likeness (QED) is 0.268. The number of aryl methyl sites for hydroxylation is 1. The van der Waals surface area contributed by atoms with Gasteiger partial charge in [-0.15, -0.1) is 0 Å². The van der Waals surface area contributed by atoms with E-state index in [0.717, 1.165) is 11.1 Å². The van der Waals surface area contributed by atoms with Crippen LogP contribution in [0.4, 0.5) is 0 Å². The van der Waals surface area contributed by atoms with Crippen LogP contribution >= 0.6 is 0 Å². The zero-order valence-corrected chi connectivity index (χ0v) is 23.8. The van der Waals surface area contributed by atoms with Crippen molar-refractivity contribution in [2.24, 2.45) is 17.3 Å². The van der Waals surface area contributed by atoms with E-state index in [4.69, 9.17) is 14.2 Å². The third kappa shape index (κ3) is 7.64. The number of hydrogen-bond donors (Lipinski definition) is 4. The number of carbonyl (C=O) groups is 5. The van der Waals surface area contributed by atoms with Crippen LogP contribution in [0.1, 0.15) is 49.0 Å². The second-order valence-corrected chi connectivity index (χ2v) is 10.6. The van der Waals surface area contributed by atoms with Crippen LogP contribution in [-0.4, -0.2) is 71.2 Å². The fourth-order valence-electron chi connectivity index (χ4n) is 5.51. The fourth-order valence-corrected chi connectivity index (χ4v) is 5.51. The maximum Gasteiger partial charge on any atom is 0.304 e. The molecular formula is C30H35NO11. The average Bonchev–Trinajstić information content (AvgIpc) is 2.91. The molecule has 5 atom stereocenters. The van der Waals surface area contributed by atoms with Gasteiger partial charge in [0.2, 0.25) is 6.29 Å². The Labute approximate surface area is 242 Å². The molecule has 1 fully saturated rings. The van der Waals surface area contributed by atoms with Gasteiger partial charge in [0.1, 0.15) is 12.4 Å². The predicted octanol–water partition coefficient (Wildman–Crippen LogP) is 3.35. The number of rotatable bonds is 12. The number of ether oxygens (including phenoxy) is 3. The molecule has 2 aromatic carbocycles. The monoisotopic (exact) mass is 585 g/mol. The van der Waals surface area contributed by atoms with E-state index in [1.54, 1.807) is 44.3 Å². The molecule has 3 rings (SSSR count). The Morgan fingerprint density at radius 2 is 1.62 bits per heavy atom. The molecule has 4 N–H and O–H groups in total. The van der Waals surface area contributed by atoms with Crippen LogP contribution in [0, 0.1) is 24.2 Å². The standard InChI is InChI=1S/C30H35NO11/c1-16-10-19(18-6-5-7-20(11-18)28(39)31-4)8-9-23(16)41-29-30(3,14-27(37)38)22(13-26(35)36)21(12-25(33)34)24(42-29)15-40-17(2)32/h5-11,21-22,24,29H,12-15H2,1-4H3,(H,31,39)(H,33,34)(H,35,36)(H,37,38)/t21-,22+,24+,29+,30+/m1/s1. The molecule has 0 aliphatic carbocycles. The first-order valence-corrected chi connectivity index (χ1v) is 13.3. The van der Waals surface area contributed by atoms with Crippen LogP contribution in [0.3, 0.4) is 0 Å². The summed E-state index contributed by atoms with van der Waals surface area (Å²) in [5.41, 5.74) is 1.19. The Bertz CT molecular complexity index is 1360. The zero-order valence-electron chi connectivity index (χ0n) is 23.8. The molecule has 2 aromatic rings. The molecular weight excluding hydrogens is 550 g/mol.